The van der Waals surface area contributed by atoms with Crippen molar-refractivity contribution in [2.45, 2.75) is 76.5 Å². The van der Waals surface area contributed by atoms with Crippen LogP contribution in [0.4, 0.5) is 0 Å². The minimum Gasteiger partial charge on any atom is -0.393 e. The van der Waals surface area contributed by atoms with Gasteiger partial charge < -0.3 is 20.9 Å². The molecule has 1 amide bonds. The Morgan fingerprint density at radius 3 is 2.30 bits per heavy atom. The van der Waals surface area contributed by atoms with E-state index in [1.165, 1.54) is 67.9 Å². The summed E-state index contributed by atoms with van der Waals surface area (Å²) in [5, 5.41) is 12.0. The first-order chi connectivity index (χ1) is 16.0. The third-order valence-electron chi connectivity index (χ3n) is 5.60. The van der Waals surface area contributed by atoms with Gasteiger partial charge >= 0.3 is 5.69 Å². The number of aromatic amines is 1. The van der Waals surface area contributed by atoms with Crippen LogP contribution in [0.1, 0.15) is 76.0 Å². The van der Waals surface area contributed by atoms with Crippen LogP contribution in [-0.4, -0.2) is 46.4 Å². The third kappa shape index (κ3) is 9.89. The van der Waals surface area contributed by atoms with Crippen LogP contribution in [0.5, 0.6) is 0 Å². The number of aliphatic hydroxyl groups excluding tert-OH is 1. The molecule has 33 heavy (non-hydrogen) atoms. The van der Waals surface area contributed by atoms with Crippen molar-refractivity contribution in [1.82, 2.24) is 14.9 Å². The summed E-state index contributed by atoms with van der Waals surface area (Å²) >= 11 is 0. The van der Waals surface area contributed by atoms with Crippen molar-refractivity contribution < 1.29 is 14.6 Å². The predicted molar refractivity (Wildman–Crippen MR) is 129 cm³/mol. The van der Waals surface area contributed by atoms with Gasteiger partial charge in [0.1, 0.15) is 6.10 Å². The number of nitrogens with zero attached hydrogens (tertiary/aromatic N) is 1. The van der Waals surface area contributed by atoms with E-state index >= 15 is 0 Å². The molecule has 0 bridgehead atoms. The van der Waals surface area contributed by atoms with Crippen molar-refractivity contribution in [2.75, 3.05) is 19.7 Å². The number of hydrogen-bond donors (Lipinski definition) is 4. The Morgan fingerprint density at radius 2 is 1.70 bits per heavy atom. The molecule has 1 aliphatic heterocycles. The fourth-order valence-electron chi connectivity index (χ4n) is 3.68. The van der Waals surface area contributed by atoms with Gasteiger partial charge in [0, 0.05) is 18.8 Å². The van der Waals surface area contributed by atoms with Crippen LogP contribution >= 0.6 is 0 Å². The maximum Gasteiger partial charge on any atom is 0.330 e. The normalized spacial score (nSPS) is 17.8. The zero-order chi connectivity index (χ0) is 23.9. The molecule has 1 aromatic heterocycles. The van der Waals surface area contributed by atoms with Gasteiger partial charge in [-0.3, -0.25) is 19.1 Å². The number of nitrogens with one attached hydrogen (secondary N) is 2. The molecule has 0 fully saturated rings. The lowest BCUT2D eigenvalue weighted by Gasteiger charge is -2.15. The smallest absolute Gasteiger partial charge is 0.330 e. The van der Waals surface area contributed by atoms with Crippen molar-refractivity contribution in [3.8, 4) is 0 Å². The number of nitrogens with two attached hydrogens (primary N) is 1. The molecule has 1 aliphatic rings. The van der Waals surface area contributed by atoms with E-state index in [1.54, 1.807) is 12.2 Å². The number of aliphatic hydroxyl groups is 1. The number of H-pyrrole nitrogens is 1. The first kappa shape index (κ1) is 26.8. The highest BCUT2D eigenvalue weighted by atomic mass is 16.5. The van der Waals surface area contributed by atoms with E-state index in [1.807, 2.05) is 0 Å². The van der Waals surface area contributed by atoms with Gasteiger partial charge in [0.15, 0.2) is 6.23 Å². The molecular formula is C24H38N4O5. The van der Waals surface area contributed by atoms with Crippen molar-refractivity contribution in [3.63, 3.8) is 0 Å². The molecule has 5 N–H and O–H groups in total. The van der Waals surface area contributed by atoms with Crippen LogP contribution in [0.2, 0.25) is 0 Å². The molecule has 184 valence electrons. The largest absolute Gasteiger partial charge is 0.393 e. The molecule has 1 aromatic rings. The Morgan fingerprint density at radius 1 is 1.06 bits per heavy atom. The number of rotatable bonds is 16. The Balaban J connectivity index is 1.66. The van der Waals surface area contributed by atoms with Gasteiger partial charge in [-0.2, -0.15) is 0 Å². The number of carbonyl (C=O) groups is 1. The first-order valence-electron chi connectivity index (χ1n) is 12.0. The minimum absolute atomic E-state index is 0.164. The third-order valence-corrected chi connectivity index (χ3v) is 5.60. The second-order valence-electron chi connectivity index (χ2n) is 8.33. The van der Waals surface area contributed by atoms with E-state index in [2.05, 4.69) is 10.3 Å². The highest BCUT2D eigenvalue weighted by molar-refractivity contribution is 5.91. The average Bonchev–Trinajstić information content (AvgIpc) is 3.28. The molecule has 2 atom stereocenters. The van der Waals surface area contributed by atoms with E-state index in [0.29, 0.717) is 6.54 Å². The number of unbranched alkanes of at least 4 members (excludes halogenated alkanes) is 9. The number of amides is 1. The zero-order valence-electron chi connectivity index (χ0n) is 19.3. The van der Waals surface area contributed by atoms with Crippen molar-refractivity contribution in [1.29, 1.82) is 0 Å². The topological polar surface area (TPSA) is 139 Å². The Bertz CT molecular complexity index is 890. The molecule has 0 aromatic carbocycles. The Kier molecular flexibility index (Phi) is 12.5. The van der Waals surface area contributed by atoms with Crippen LogP contribution < -0.4 is 22.3 Å². The van der Waals surface area contributed by atoms with Crippen molar-refractivity contribution in [2.24, 2.45) is 5.73 Å². The number of ether oxygens (including phenoxy) is 1. The monoisotopic (exact) mass is 462 g/mol. The summed E-state index contributed by atoms with van der Waals surface area (Å²) in [6, 6.07) is 0. The standard InChI is InChI=1S/C24H38N4O5/c25-15-9-7-5-3-1-2-4-6-8-10-16-26-21(30)13-11-19-17-28(24(32)27-23(19)31)22-14-12-20(18-29)33-22/h11-14,17,20,22,29H,1-10,15-16,18,25H2,(H,26,30)(H,27,31,32)/b13-11+/t20?,22-/m1/s1. The van der Waals surface area contributed by atoms with Crippen LogP contribution in [0.3, 0.4) is 0 Å². The molecule has 1 unspecified atom stereocenters. The summed E-state index contributed by atoms with van der Waals surface area (Å²) in [6.07, 6.45) is 17.9. The molecule has 2 rings (SSSR count). The molecule has 9 heteroatoms. The number of carbonyl (C=O) groups excluding carboxylic acids is 1. The molecule has 0 saturated carbocycles. The first-order valence-corrected chi connectivity index (χ1v) is 12.0. The van der Waals surface area contributed by atoms with E-state index in [4.69, 9.17) is 15.6 Å². The second kappa shape index (κ2) is 15.4. The maximum absolute atomic E-state index is 12.1. The summed E-state index contributed by atoms with van der Waals surface area (Å²) in [5.74, 6) is -0.290. The quantitative estimate of drug-likeness (QED) is 0.168. The van der Waals surface area contributed by atoms with Gasteiger partial charge in [-0.15, -0.1) is 0 Å². The van der Waals surface area contributed by atoms with Crippen LogP contribution in [0, 0.1) is 0 Å². The molecule has 0 aliphatic carbocycles. The van der Waals surface area contributed by atoms with Crippen LogP contribution in [0.15, 0.2) is 34.0 Å². The van der Waals surface area contributed by atoms with Gasteiger partial charge in [-0.25, -0.2) is 4.79 Å². The summed E-state index contributed by atoms with van der Waals surface area (Å²) in [7, 11) is 0. The van der Waals surface area contributed by atoms with Gasteiger partial charge in [-0.05, 0) is 31.5 Å². The molecule has 2 heterocycles. The number of hydrogen-bond acceptors (Lipinski definition) is 6. The number of aromatic nitrogens is 2. The Hall–Kier alpha value is -2.49. The van der Waals surface area contributed by atoms with Crippen molar-refractivity contribution >= 4 is 12.0 Å². The molecule has 0 spiro atoms. The zero-order valence-corrected chi connectivity index (χ0v) is 19.3. The summed E-state index contributed by atoms with van der Waals surface area (Å²) < 4.78 is 6.71. The van der Waals surface area contributed by atoms with Gasteiger partial charge in [0.05, 0.1) is 12.2 Å². The highest BCUT2D eigenvalue weighted by Crippen LogP contribution is 2.19. The fourth-order valence-corrected chi connectivity index (χ4v) is 3.68. The molecule has 9 nitrogen and oxygen atoms in total. The molecule has 0 saturated heterocycles. The Labute approximate surface area is 194 Å². The van der Waals surface area contributed by atoms with E-state index in [-0.39, 0.29) is 18.1 Å². The summed E-state index contributed by atoms with van der Waals surface area (Å²) in [4.78, 5) is 38.4. The van der Waals surface area contributed by atoms with E-state index in [0.717, 1.165) is 25.8 Å². The van der Waals surface area contributed by atoms with Crippen LogP contribution in [0.25, 0.3) is 6.08 Å². The minimum atomic E-state index is -0.719. The highest BCUT2D eigenvalue weighted by Gasteiger charge is 2.21. The SMILES string of the molecule is NCCCCCCCCCCCCNC(=O)/C=C/c1cn([C@H]2C=CC(CO)O2)c(=O)[nH]c1=O. The van der Waals surface area contributed by atoms with Crippen LogP contribution in [-0.2, 0) is 9.53 Å². The summed E-state index contributed by atoms with van der Waals surface area (Å²) in [6.45, 7) is 1.17. The van der Waals surface area contributed by atoms with Gasteiger partial charge in [-0.1, -0.05) is 57.4 Å². The second-order valence-corrected chi connectivity index (χ2v) is 8.33. The lowest BCUT2D eigenvalue weighted by Crippen LogP contribution is -2.33. The van der Waals surface area contributed by atoms with Crippen molar-refractivity contribution in [3.05, 3.63) is 50.8 Å². The lowest BCUT2D eigenvalue weighted by molar-refractivity contribution is -0.116. The van der Waals surface area contributed by atoms with E-state index < -0.39 is 23.6 Å². The predicted octanol–water partition coefficient (Wildman–Crippen LogP) is 1.97. The maximum atomic E-state index is 12.1. The van der Waals surface area contributed by atoms with E-state index in [9.17, 15) is 14.4 Å². The average molecular weight is 463 g/mol. The molecular weight excluding hydrogens is 424 g/mol. The lowest BCUT2D eigenvalue weighted by atomic mass is 10.1. The van der Waals surface area contributed by atoms with Gasteiger partial charge in [0.2, 0.25) is 5.91 Å². The summed E-state index contributed by atoms with van der Waals surface area (Å²) in [5.41, 5.74) is 4.45. The molecule has 0 radical (unpaired) electrons. The fraction of sp³-hybridized carbons (Fsp3) is 0.625. The van der Waals surface area contributed by atoms with Gasteiger partial charge in [0.25, 0.3) is 5.56 Å².